The van der Waals surface area contributed by atoms with E-state index >= 15 is 0 Å². The van der Waals surface area contributed by atoms with Crippen molar-refractivity contribution in [2.45, 2.75) is 31.2 Å². The van der Waals surface area contributed by atoms with Crippen LogP contribution in [0.4, 0.5) is 11.4 Å². The van der Waals surface area contributed by atoms with Gasteiger partial charge in [0.1, 0.15) is 0 Å². The molecule has 2 aromatic carbocycles. The maximum Gasteiger partial charge on any atom is 0.0449 e. The van der Waals surface area contributed by atoms with Crippen LogP contribution in [0.1, 0.15) is 30.7 Å². The van der Waals surface area contributed by atoms with E-state index in [1.165, 1.54) is 30.6 Å². The molecule has 4 unspecified atom stereocenters. The Balaban J connectivity index is 1.71. The van der Waals surface area contributed by atoms with Gasteiger partial charge in [-0.2, -0.15) is 0 Å². The maximum atomic E-state index is 2.64. The molecule has 1 aliphatic heterocycles. The largest absolute Gasteiger partial charge is 0.337 e. The summed E-state index contributed by atoms with van der Waals surface area (Å²) in [5.41, 5.74) is 4.44. The normalized spacial score (nSPS) is 33.3. The van der Waals surface area contributed by atoms with E-state index in [1.807, 2.05) is 0 Å². The van der Waals surface area contributed by atoms with Crippen molar-refractivity contribution in [1.29, 1.82) is 0 Å². The fourth-order valence-corrected chi connectivity index (χ4v) is 5.12. The van der Waals surface area contributed by atoms with Crippen LogP contribution in [-0.4, -0.2) is 6.04 Å². The van der Waals surface area contributed by atoms with E-state index in [2.05, 4.69) is 59.5 Å². The third-order valence-electron chi connectivity index (χ3n) is 5.76. The van der Waals surface area contributed by atoms with Crippen LogP contribution < -0.4 is 4.90 Å². The van der Waals surface area contributed by atoms with Crippen LogP contribution in [0.3, 0.4) is 0 Å². The summed E-state index contributed by atoms with van der Waals surface area (Å²) in [6.45, 7) is 0. The van der Waals surface area contributed by atoms with Crippen LogP contribution in [-0.2, 0) is 0 Å². The molecule has 0 radical (unpaired) electrons. The molecular formula is C19H19N. The van der Waals surface area contributed by atoms with E-state index in [9.17, 15) is 0 Å². The molecule has 0 aromatic heterocycles. The topological polar surface area (TPSA) is 3.24 Å². The molecular weight excluding hydrogens is 242 g/mol. The van der Waals surface area contributed by atoms with Crippen LogP contribution in [0.25, 0.3) is 0 Å². The Hall–Kier alpha value is -1.76. The molecule has 0 saturated heterocycles. The van der Waals surface area contributed by atoms with Gasteiger partial charge >= 0.3 is 0 Å². The fourth-order valence-electron chi connectivity index (χ4n) is 5.12. The Labute approximate surface area is 120 Å². The van der Waals surface area contributed by atoms with E-state index in [1.54, 1.807) is 5.56 Å². The van der Waals surface area contributed by atoms with Gasteiger partial charge in [-0.15, -0.1) is 0 Å². The predicted molar refractivity (Wildman–Crippen MR) is 82.4 cm³/mol. The van der Waals surface area contributed by atoms with Gasteiger partial charge in [0.05, 0.1) is 0 Å². The van der Waals surface area contributed by atoms with E-state index in [4.69, 9.17) is 0 Å². The van der Waals surface area contributed by atoms with Gasteiger partial charge in [0.25, 0.3) is 0 Å². The third-order valence-corrected chi connectivity index (χ3v) is 5.76. The Morgan fingerprint density at radius 1 is 0.800 bits per heavy atom. The highest BCUT2D eigenvalue weighted by Gasteiger charge is 2.55. The summed E-state index contributed by atoms with van der Waals surface area (Å²) in [6, 6.07) is 20.8. The number of anilines is 2. The number of nitrogens with zero attached hydrogens (tertiary/aromatic N) is 1. The molecule has 2 bridgehead atoms. The first-order valence-electron chi connectivity index (χ1n) is 7.87. The SMILES string of the molecule is c1ccc(N2c3ccccc3C3C4CCC(C4)C32)cc1. The Morgan fingerprint density at radius 2 is 1.55 bits per heavy atom. The second-order valence-corrected chi connectivity index (χ2v) is 6.61. The standard InChI is InChI=1S/C19H19N/c1-2-6-15(7-3-1)20-17-9-5-4-8-16(17)18-13-10-11-14(12-13)19(18)20/h1-9,13-14,18-19H,10-12H2. The summed E-state index contributed by atoms with van der Waals surface area (Å²) >= 11 is 0. The lowest BCUT2D eigenvalue weighted by molar-refractivity contribution is 0.382. The molecule has 1 nitrogen and oxygen atoms in total. The van der Waals surface area contributed by atoms with Crippen molar-refractivity contribution in [3.05, 3.63) is 60.2 Å². The van der Waals surface area contributed by atoms with Crippen molar-refractivity contribution in [2.24, 2.45) is 11.8 Å². The molecule has 5 rings (SSSR count). The van der Waals surface area contributed by atoms with Crippen molar-refractivity contribution < 1.29 is 0 Å². The average molecular weight is 261 g/mol. The van der Waals surface area contributed by atoms with Crippen LogP contribution in [0.15, 0.2) is 54.6 Å². The zero-order valence-corrected chi connectivity index (χ0v) is 11.6. The first-order chi connectivity index (χ1) is 9.93. The van der Waals surface area contributed by atoms with Crippen LogP contribution in [0, 0.1) is 11.8 Å². The zero-order valence-electron chi connectivity index (χ0n) is 11.6. The van der Waals surface area contributed by atoms with E-state index < -0.39 is 0 Å². The third kappa shape index (κ3) is 1.28. The molecule has 0 amide bonds. The summed E-state index contributed by atoms with van der Waals surface area (Å²) in [6.07, 6.45) is 4.33. The molecule has 0 N–H and O–H groups in total. The van der Waals surface area contributed by atoms with Crippen LogP contribution >= 0.6 is 0 Å². The second-order valence-electron chi connectivity index (χ2n) is 6.61. The van der Waals surface area contributed by atoms with Gasteiger partial charge in [-0.05, 0) is 54.9 Å². The molecule has 20 heavy (non-hydrogen) atoms. The minimum absolute atomic E-state index is 0.716. The molecule has 2 fully saturated rings. The molecule has 1 heterocycles. The summed E-state index contributed by atoms with van der Waals surface area (Å²) in [5.74, 6) is 2.61. The summed E-state index contributed by atoms with van der Waals surface area (Å²) in [5, 5.41) is 0. The quantitative estimate of drug-likeness (QED) is 0.718. The Morgan fingerprint density at radius 3 is 2.45 bits per heavy atom. The van der Waals surface area contributed by atoms with E-state index in [-0.39, 0.29) is 0 Å². The summed E-state index contributed by atoms with van der Waals surface area (Å²) < 4.78 is 0. The number of rotatable bonds is 1. The lowest BCUT2D eigenvalue weighted by atomic mass is 9.82. The molecule has 1 heteroatoms. The minimum atomic E-state index is 0.716. The molecule has 0 spiro atoms. The molecule has 2 saturated carbocycles. The lowest BCUT2D eigenvalue weighted by Crippen LogP contribution is -2.35. The molecule has 2 aromatic rings. The highest BCUT2D eigenvalue weighted by atomic mass is 15.2. The van der Waals surface area contributed by atoms with Crippen molar-refractivity contribution >= 4 is 11.4 Å². The number of fused-ring (bicyclic) bond motifs is 7. The van der Waals surface area contributed by atoms with Gasteiger partial charge in [-0.3, -0.25) is 0 Å². The Bertz CT molecular complexity index is 648. The van der Waals surface area contributed by atoms with Crippen molar-refractivity contribution in [3.8, 4) is 0 Å². The van der Waals surface area contributed by atoms with Crippen molar-refractivity contribution in [2.75, 3.05) is 4.90 Å². The van der Waals surface area contributed by atoms with E-state index in [0.717, 1.165) is 17.8 Å². The Kier molecular flexibility index (Phi) is 2.13. The number of benzene rings is 2. The van der Waals surface area contributed by atoms with Gasteiger partial charge in [0, 0.05) is 23.3 Å². The average Bonchev–Trinajstić information content (AvgIpc) is 3.19. The van der Waals surface area contributed by atoms with Crippen LogP contribution in [0.2, 0.25) is 0 Å². The molecule has 4 atom stereocenters. The number of para-hydroxylation sites is 2. The molecule has 3 aliphatic rings. The monoisotopic (exact) mass is 261 g/mol. The van der Waals surface area contributed by atoms with Gasteiger partial charge in [-0.1, -0.05) is 36.4 Å². The van der Waals surface area contributed by atoms with Crippen molar-refractivity contribution in [3.63, 3.8) is 0 Å². The van der Waals surface area contributed by atoms with Gasteiger partial charge < -0.3 is 4.90 Å². The molecule has 100 valence electrons. The van der Waals surface area contributed by atoms with Crippen molar-refractivity contribution in [1.82, 2.24) is 0 Å². The lowest BCUT2D eigenvalue weighted by Gasteiger charge is -2.33. The second kappa shape index (κ2) is 3.88. The maximum absolute atomic E-state index is 2.64. The first-order valence-corrected chi connectivity index (χ1v) is 7.87. The van der Waals surface area contributed by atoms with E-state index in [0.29, 0.717) is 6.04 Å². The van der Waals surface area contributed by atoms with Crippen LogP contribution in [0.5, 0.6) is 0 Å². The molecule has 2 aliphatic carbocycles. The summed E-state index contributed by atoms with van der Waals surface area (Å²) in [4.78, 5) is 2.64. The number of hydrogen-bond donors (Lipinski definition) is 0. The van der Waals surface area contributed by atoms with Gasteiger partial charge in [0.15, 0.2) is 0 Å². The first kappa shape index (κ1) is 11.0. The predicted octanol–water partition coefficient (Wildman–Crippen LogP) is 4.72. The zero-order chi connectivity index (χ0) is 13.1. The highest BCUT2D eigenvalue weighted by Crippen LogP contribution is 2.62. The van der Waals surface area contributed by atoms with Gasteiger partial charge in [0.2, 0.25) is 0 Å². The van der Waals surface area contributed by atoms with Gasteiger partial charge in [-0.25, -0.2) is 0 Å². The smallest absolute Gasteiger partial charge is 0.0449 e. The number of hydrogen-bond acceptors (Lipinski definition) is 1. The fraction of sp³-hybridized carbons (Fsp3) is 0.368. The highest BCUT2D eigenvalue weighted by molar-refractivity contribution is 5.73. The minimum Gasteiger partial charge on any atom is -0.337 e. The summed E-state index contributed by atoms with van der Waals surface area (Å²) in [7, 11) is 0.